The Morgan fingerprint density at radius 3 is 2.31 bits per heavy atom. The molecule has 0 unspecified atom stereocenters. The second-order valence-electron chi connectivity index (χ2n) is 3.71. The summed E-state index contributed by atoms with van der Waals surface area (Å²) >= 11 is 0. The lowest BCUT2D eigenvalue weighted by atomic mass is 10.1. The van der Waals surface area contributed by atoms with Gasteiger partial charge in [-0.25, -0.2) is 8.78 Å². The van der Waals surface area contributed by atoms with Crippen LogP contribution in [0.4, 0.5) is 8.78 Å². The van der Waals surface area contributed by atoms with Gasteiger partial charge in [0.05, 0.1) is 0 Å². The molecule has 1 aromatic rings. The lowest BCUT2D eigenvalue weighted by Crippen LogP contribution is -2.18. The fourth-order valence-electron chi connectivity index (χ4n) is 1.47. The summed E-state index contributed by atoms with van der Waals surface area (Å²) in [6.07, 6.45) is 2.30. The van der Waals surface area contributed by atoms with E-state index in [1.807, 2.05) is 0 Å². The molecule has 0 amide bonds. The molecule has 0 spiro atoms. The number of nitrogens with one attached hydrogen (secondary N) is 1. The third-order valence-corrected chi connectivity index (χ3v) is 2.27. The van der Waals surface area contributed by atoms with Crippen LogP contribution >= 0.6 is 0 Å². The molecule has 0 bridgehead atoms. The van der Waals surface area contributed by atoms with Gasteiger partial charge >= 0.3 is 0 Å². The normalized spacial score (nSPS) is 10.7. The summed E-state index contributed by atoms with van der Waals surface area (Å²) in [7, 11) is 0. The topological polar surface area (TPSA) is 32.3 Å². The van der Waals surface area contributed by atoms with E-state index in [9.17, 15) is 8.78 Å². The van der Waals surface area contributed by atoms with Gasteiger partial charge in [0.2, 0.25) is 0 Å². The molecule has 90 valence electrons. The van der Waals surface area contributed by atoms with Gasteiger partial charge < -0.3 is 10.4 Å². The molecule has 0 heterocycles. The third kappa shape index (κ3) is 5.19. The van der Waals surface area contributed by atoms with Crippen LogP contribution in [0.5, 0.6) is 0 Å². The van der Waals surface area contributed by atoms with E-state index in [-0.39, 0.29) is 6.61 Å². The van der Waals surface area contributed by atoms with Crippen LogP contribution < -0.4 is 5.32 Å². The molecule has 1 rings (SSSR count). The first kappa shape index (κ1) is 13.1. The van der Waals surface area contributed by atoms with Crippen LogP contribution in [0.1, 0.15) is 18.4 Å². The predicted molar refractivity (Wildman–Crippen MR) is 59.3 cm³/mol. The van der Waals surface area contributed by atoms with Gasteiger partial charge in [-0.15, -0.1) is 0 Å². The highest BCUT2D eigenvalue weighted by Gasteiger charge is 2.00. The first-order valence-electron chi connectivity index (χ1n) is 5.49. The van der Waals surface area contributed by atoms with Gasteiger partial charge in [0.25, 0.3) is 0 Å². The molecule has 4 heteroatoms. The van der Waals surface area contributed by atoms with Gasteiger partial charge in [0, 0.05) is 12.7 Å². The first-order chi connectivity index (χ1) is 7.72. The fraction of sp³-hybridized carbons (Fsp3) is 0.500. The summed E-state index contributed by atoms with van der Waals surface area (Å²) in [6.45, 7) is 1.71. The second-order valence-corrected chi connectivity index (χ2v) is 3.71. The van der Waals surface area contributed by atoms with Crippen molar-refractivity contribution in [3.63, 3.8) is 0 Å². The Bertz CT molecular complexity index is 298. The van der Waals surface area contributed by atoms with Crippen molar-refractivity contribution in [2.75, 3.05) is 19.7 Å². The second kappa shape index (κ2) is 7.30. The molecule has 0 aliphatic rings. The molecule has 0 aliphatic carbocycles. The van der Waals surface area contributed by atoms with Gasteiger partial charge in [-0.2, -0.15) is 0 Å². The SMILES string of the molecule is OCCCCNCCc1cc(F)cc(F)c1. The Morgan fingerprint density at radius 1 is 1.00 bits per heavy atom. The van der Waals surface area contributed by atoms with Crippen molar-refractivity contribution in [3.05, 3.63) is 35.4 Å². The summed E-state index contributed by atoms with van der Waals surface area (Å²) < 4.78 is 25.6. The molecule has 0 atom stereocenters. The molecule has 16 heavy (non-hydrogen) atoms. The van der Waals surface area contributed by atoms with Crippen molar-refractivity contribution in [1.29, 1.82) is 0 Å². The molecule has 0 radical (unpaired) electrons. The molecule has 0 saturated carbocycles. The largest absolute Gasteiger partial charge is 0.396 e. The van der Waals surface area contributed by atoms with Gasteiger partial charge in [0.1, 0.15) is 11.6 Å². The van der Waals surface area contributed by atoms with Gasteiger partial charge in [-0.1, -0.05) is 0 Å². The number of hydrogen-bond acceptors (Lipinski definition) is 2. The molecule has 0 saturated heterocycles. The van der Waals surface area contributed by atoms with Crippen LogP contribution in [0.3, 0.4) is 0 Å². The van der Waals surface area contributed by atoms with E-state index in [1.54, 1.807) is 0 Å². The highest BCUT2D eigenvalue weighted by Crippen LogP contribution is 2.07. The number of aliphatic hydroxyl groups is 1. The molecule has 0 aromatic heterocycles. The van der Waals surface area contributed by atoms with Crippen molar-refractivity contribution in [3.8, 4) is 0 Å². The molecule has 2 nitrogen and oxygen atoms in total. The summed E-state index contributed by atoms with van der Waals surface area (Å²) in [4.78, 5) is 0. The summed E-state index contributed by atoms with van der Waals surface area (Å²) in [5, 5.41) is 11.7. The van der Waals surface area contributed by atoms with Crippen molar-refractivity contribution in [2.24, 2.45) is 0 Å². The van der Waals surface area contributed by atoms with E-state index < -0.39 is 11.6 Å². The molecule has 0 aliphatic heterocycles. The minimum atomic E-state index is -0.532. The van der Waals surface area contributed by atoms with E-state index in [0.29, 0.717) is 18.5 Å². The number of halogens is 2. The van der Waals surface area contributed by atoms with Crippen LogP contribution in [0, 0.1) is 11.6 Å². The predicted octanol–water partition coefficient (Wildman–Crippen LogP) is 1.87. The van der Waals surface area contributed by atoms with Gasteiger partial charge in [-0.3, -0.25) is 0 Å². The number of rotatable bonds is 7. The molecule has 1 aromatic carbocycles. The van der Waals surface area contributed by atoms with Crippen molar-refractivity contribution in [2.45, 2.75) is 19.3 Å². The van der Waals surface area contributed by atoms with Crippen molar-refractivity contribution >= 4 is 0 Å². The Kier molecular flexibility index (Phi) is 5.96. The molecule has 2 N–H and O–H groups in total. The maximum atomic E-state index is 12.8. The summed E-state index contributed by atoms with van der Waals surface area (Å²) in [6, 6.07) is 3.56. The Labute approximate surface area is 94.3 Å². The highest BCUT2D eigenvalue weighted by molar-refractivity contribution is 5.18. The summed E-state index contributed by atoms with van der Waals surface area (Å²) in [5.74, 6) is -1.06. The average Bonchev–Trinajstić information content (AvgIpc) is 2.22. The zero-order valence-corrected chi connectivity index (χ0v) is 9.18. The molecular weight excluding hydrogens is 212 g/mol. The van der Waals surface area contributed by atoms with Crippen LogP contribution in [-0.2, 0) is 6.42 Å². The van der Waals surface area contributed by atoms with Crippen molar-refractivity contribution < 1.29 is 13.9 Å². The monoisotopic (exact) mass is 229 g/mol. The first-order valence-corrected chi connectivity index (χ1v) is 5.49. The van der Waals surface area contributed by atoms with E-state index >= 15 is 0 Å². The van der Waals surface area contributed by atoms with E-state index in [1.165, 1.54) is 12.1 Å². The zero-order chi connectivity index (χ0) is 11.8. The van der Waals surface area contributed by atoms with E-state index in [2.05, 4.69) is 5.32 Å². The minimum Gasteiger partial charge on any atom is -0.396 e. The smallest absolute Gasteiger partial charge is 0.126 e. The third-order valence-electron chi connectivity index (χ3n) is 2.27. The van der Waals surface area contributed by atoms with Crippen LogP contribution in [0.2, 0.25) is 0 Å². The van der Waals surface area contributed by atoms with Crippen LogP contribution in [0.15, 0.2) is 18.2 Å². The Balaban J connectivity index is 2.21. The quantitative estimate of drug-likeness (QED) is 0.700. The summed E-state index contributed by atoms with van der Waals surface area (Å²) in [5.41, 5.74) is 0.659. The molecular formula is C12H17F2NO. The van der Waals surface area contributed by atoms with E-state index in [4.69, 9.17) is 5.11 Å². The number of hydrogen-bond donors (Lipinski definition) is 2. The number of benzene rings is 1. The minimum absolute atomic E-state index is 0.205. The van der Waals surface area contributed by atoms with Crippen LogP contribution in [0.25, 0.3) is 0 Å². The zero-order valence-electron chi connectivity index (χ0n) is 9.18. The van der Waals surface area contributed by atoms with Crippen LogP contribution in [-0.4, -0.2) is 24.8 Å². The van der Waals surface area contributed by atoms with Crippen molar-refractivity contribution in [1.82, 2.24) is 5.32 Å². The lowest BCUT2D eigenvalue weighted by molar-refractivity contribution is 0.284. The highest BCUT2D eigenvalue weighted by atomic mass is 19.1. The number of aliphatic hydroxyl groups excluding tert-OH is 1. The number of unbranched alkanes of at least 4 members (excludes halogenated alkanes) is 1. The van der Waals surface area contributed by atoms with Gasteiger partial charge in [-0.05, 0) is 50.0 Å². The average molecular weight is 229 g/mol. The fourth-order valence-corrected chi connectivity index (χ4v) is 1.47. The lowest BCUT2D eigenvalue weighted by Gasteiger charge is -2.04. The van der Waals surface area contributed by atoms with Gasteiger partial charge in [0.15, 0.2) is 0 Å². The Morgan fingerprint density at radius 2 is 1.69 bits per heavy atom. The maximum Gasteiger partial charge on any atom is 0.126 e. The van der Waals surface area contributed by atoms with E-state index in [0.717, 1.165) is 25.5 Å². The molecule has 0 fully saturated rings. The standard InChI is InChI=1S/C12H17F2NO/c13-11-7-10(8-12(14)9-11)3-5-15-4-1-2-6-16/h7-9,15-16H,1-6H2. The maximum absolute atomic E-state index is 12.8. The Hall–Kier alpha value is -1.00.